The van der Waals surface area contributed by atoms with Crippen LogP contribution < -0.4 is 10.6 Å². The molecule has 7 nitrogen and oxygen atoms in total. The van der Waals surface area contributed by atoms with Crippen molar-refractivity contribution < 1.29 is 9.72 Å². The third kappa shape index (κ3) is 4.04. The molecule has 0 unspecified atom stereocenters. The van der Waals surface area contributed by atoms with Crippen molar-refractivity contribution >= 4 is 11.6 Å². The molecule has 116 valence electrons. The van der Waals surface area contributed by atoms with Crippen LogP contribution in [0.4, 0.5) is 5.69 Å². The number of piperidine rings is 1. The number of rotatable bonds is 6. The normalized spacial score (nSPS) is 15.9. The Kier molecular flexibility index (Phi) is 5.32. The minimum Gasteiger partial charge on any atom is -0.350 e. The number of aromatic nitrogens is 1. The van der Waals surface area contributed by atoms with Crippen molar-refractivity contribution in [1.29, 1.82) is 0 Å². The van der Waals surface area contributed by atoms with Gasteiger partial charge in [-0.15, -0.1) is 0 Å². The second kappa shape index (κ2) is 7.21. The van der Waals surface area contributed by atoms with Crippen LogP contribution in [0, 0.1) is 16.0 Å². The van der Waals surface area contributed by atoms with Gasteiger partial charge >= 0.3 is 0 Å². The van der Waals surface area contributed by atoms with E-state index in [2.05, 4.69) is 10.6 Å². The van der Waals surface area contributed by atoms with Gasteiger partial charge in [0, 0.05) is 19.2 Å². The van der Waals surface area contributed by atoms with Crippen molar-refractivity contribution in [2.45, 2.75) is 32.7 Å². The number of nitrogens with zero attached hydrogens (tertiary/aromatic N) is 2. The van der Waals surface area contributed by atoms with Gasteiger partial charge < -0.3 is 15.2 Å². The highest BCUT2D eigenvalue weighted by Crippen LogP contribution is 2.17. The fourth-order valence-corrected chi connectivity index (χ4v) is 2.62. The van der Waals surface area contributed by atoms with E-state index in [1.54, 1.807) is 4.57 Å². The van der Waals surface area contributed by atoms with E-state index < -0.39 is 4.92 Å². The first-order chi connectivity index (χ1) is 10.1. The van der Waals surface area contributed by atoms with Crippen molar-refractivity contribution in [3.05, 3.63) is 28.1 Å². The van der Waals surface area contributed by atoms with Crippen molar-refractivity contribution in [3.8, 4) is 0 Å². The van der Waals surface area contributed by atoms with Gasteiger partial charge in [-0.2, -0.15) is 0 Å². The zero-order chi connectivity index (χ0) is 15.2. The molecule has 2 rings (SSSR count). The average Bonchev–Trinajstić information content (AvgIpc) is 2.91. The molecule has 2 N–H and O–H groups in total. The lowest BCUT2D eigenvalue weighted by atomic mass is 9.98. The lowest BCUT2D eigenvalue weighted by Crippen LogP contribution is -2.36. The maximum atomic E-state index is 12.2. The fraction of sp³-hybridized carbons (Fsp3) is 0.643. The number of hydrogen-bond donors (Lipinski definition) is 2. The zero-order valence-electron chi connectivity index (χ0n) is 12.3. The summed E-state index contributed by atoms with van der Waals surface area (Å²) in [5, 5.41) is 17.0. The molecule has 1 aliphatic heterocycles. The van der Waals surface area contributed by atoms with E-state index in [1.807, 2.05) is 6.92 Å². The third-order valence-electron chi connectivity index (χ3n) is 3.80. The van der Waals surface area contributed by atoms with Crippen LogP contribution in [0.1, 0.15) is 36.7 Å². The standard InChI is InChI=1S/C14H22N4O3/c1-2-7-17-10-12(18(20)21)8-13(17)14(19)16-9-11-3-5-15-6-4-11/h8,10-11,15H,2-7,9H2,1H3,(H,16,19). The summed E-state index contributed by atoms with van der Waals surface area (Å²) in [7, 11) is 0. The first kappa shape index (κ1) is 15.5. The molecule has 1 aliphatic rings. The number of amides is 1. The SMILES string of the molecule is CCCn1cc([N+](=O)[O-])cc1C(=O)NCC1CCNCC1. The van der Waals surface area contributed by atoms with Gasteiger partial charge in [0.05, 0.1) is 11.1 Å². The van der Waals surface area contributed by atoms with Crippen molar-refractivity contribution in [2.75, 3.05) is 19.6 Å². The van der Waals surface area contributed by atoms with E-state index in [9.17, 15) is 14.9 Å². The fourth-order valence-electron chi connectivity index (χ4n) is 2.62. The number of nitrogens with one attached hydrogen (secondary N) is 2. The molecule has 0 radical (unpaired) electrons. The lowest BCUT2D eigenvalue weighted by Gasteiger charge is -2.22. The lowest BCUT2D eigenvalue weighted by molar-refractivity contribution is -0.384. The molecule has 0 atom stereocenters. The summed E-state index contributed by atoms with van der Waals surface area (Å²) in [6, 6.07) is 1.35. The zero-order valence-corrected chi connectivity index (χ0v) is 12.3. The molecule has 1 aromatic heterocycles. The Labute approximate surface area is 123 Å². The van der Waals surface area contributed by atoms with E-state index in [0.29, 0.717) is 24.7 Å². The Balaban J connectivity index is 2.01. The Morgan fingerprint density at radius 3 is 2.86 bits per heavy atom. The summed E-state index contributed by atoms with van der Waals surface area (Å²) in [5.74, 6) is 0.259. The van der Waals surface area contributed by atoms with E-state index in [1.165, 1.54) is 12.3 Å². The first-order valence-corrected chi connectivity index (χ1v) is 7.45. The van der Waals surface area contributed by atoms with E-state index in [4.69, 9.17) is 0 Å². The summed E-state index contributed by atoms with van der Waals surface area (Å²) >= 11 is 0. The molecule has 2 heterocycles. The second-order valence-corrected chi connectivity index (χ2v) is 5.44. The van der Waals surface area contributed by atoms with E-state index >= 15 is 0 Å². The number of nitro groups is 1. The topological polar surface area (TPSA) is 89.2 Å². The third-order valence-corrected chi connectivity index (χ3v) is 3.80. The average molecular weight is 294 g/mol. The number of carbonyl (C=O) groups is 1. The molecule has 0 aliphatic carbocycles. The Morgan fingerprint density at radius 1 is 1.52 bits per heavy atom. The van der Waals surface area contributed by atoms with Gasteiger partial charge in [0.2, 0.25) is 0 Å². The molecule has 0 spiro atoms. The molecular weight excluding hydrogens is 272 g/mol. The van der Waals surface area contributed by atoms with Gasteiger partial charge in [-0.1, -0.05) is 6.92 Å². The molecule has 1 amide bonds. The molecule has 1 aromatic rings. The van der Waals surface area contributed by atoms with Crippen LogP contribution in [0.5, 0.6) is 0 Å². The van der Waals surface area contributed by atoms with Crippen molar-refractivity contribution in [2.24, 2.45) is 5.92 Å². The van der Waals surface area contributed by atoms with Gasteiger partial charge in [-0.25, -0.2) is 0 Å². The highest BCUT2D eigenvalue weighted by molar-refractivity contribution is 5.93. The summed E-state index contributed by atoms with van der Waals surface area (Å²) in [6.07, 6.45) is 4.36. The van der Waals surface area contributed by atoms with Gasteiger partial charge in [0.25, 0.3) is 11.6 Å². The number of hydrogen-bond acceptors (Lipinski definition) is 4. The maximum Gasteiger partial charge on any atom is 0.287 e. The smallest absolute Gasteiger partial charge is 0.287 e. The van der Waals surface area contributed by atoms with Crippen LogP contribution >= 0.6 is 0 Å². The maximum absolute atomic E-state index is 12.2. The van der Waals surface area contributed by atoms with Crippen LogP contribution in [0.2, 0.25) is 0 Å². The molecule has 0 saturated carbocycles. The first-order valence-electron chi connectivity index (χ1n) is 7.45. The number of aryl methyl sites for hydroxylation is 1. The van der Waals surface area contributed by atoms with Crippen LogP contribution in [0.25, 0.3) is 0 Å². The van der Waals surface area contributed by atoms with Crippen LogP contribution in [-0.2, 0) is 6.54 Å². The predicted molar refractivity (Wildman–Crippen MR) is 79.3 cm³/mol. The molecule has 1 saturated heterocycles. The molecule has 1 fully saturated rings. The van der Waals surface area contributed by atoms with E-state index in [0.717, 1.165) is 32.4 Å². The monoisotopic (exact) mass is 294 g/mol. The minimum absolute atomic E-state index is 0.0320. The van der Waals surface area contributed by atoms with Gasteiger partial charge in [-0.3, -0.25) is 14.9 Å². The summed E-state index contributed by atoms with van der Waals surface area (Å²) < 4.78 is 1.66. The molecule has 0 bridgehead atoms. The quantitative estimate of drug-likeness (QED) is 0.615. The Hall–Kier alpha value is -1.89. The molecule has 7 heteroatoms. The molecule has 0 aromatic carbocycles. The van der Waals surface area contributed by atoms with Crippen LogP contribution in [0.15, 0.2) is 12.3 Å². The van der Waals surface area contributed by atoms with Gasteiger partial charge in [0.15, 0.2) is 0 Å². The largest absolute Gasteiger partial charge is 0.350 e. The summed E-state index contributed by atoms with van der Waals surface area (Å²) in [4.78, 5) is 22.6. The van der Waals surface area contributed by atoms with Crippen molar-refractivity contribution in [3.63, 3.8) is 0 Å². The second-order valence-electron chi connectivity index (χ2n) is 5.44. The van der Waals surface area contributed by atoms with Gasteiger partial charge in [0.1, 0.15) is 5.69 Å². The predicted octanol–water partition coefficient (Wildman–Crippen LogP) is 1.54. The highest BCUT2D eigenvalue weighted by Gasteiger charge is 2.20. The van der Waals surface area contributed by atoms with Gasteiger partial charge in [-0.05, 0) is 38.3 Å². The van der Waals surface area contributed by atoms with Crippen LogP contribution in [0.3, 0.4) is 0 Å². The highest BCUT2D eigenvalue weighted by atomic mass is 16.6. The summed E-state index contributed by atoms with van der Waals surface area (Å²) in [5.41, 5.74) is 0.341. The van der Waals surface area contributed by atoms with Crippen molar-refractivity contribution in [1.82, 2.24) is 15.2 Å². The Bertz CT molecular complexity index is 506. The number of carbonyl (C=O) groups excluding carboxylic acids is 1. The molecule has 21 heavy (non-hydrogen) atoms. The van der Waals surface area contributed by atoms with Crippen LogP contribution in [-0.4, -0.2) is 35.0 Å². The minimum atomic E-state index is -0.463. The van der Waals surface area contributed by atoms with E-state index in [-0.39, 0.29) is 11.6 Å². The summed E-state index contributed by atoms with van der Waals surface area (Å²) in [6.45, 7) is 5.18. The Morgan fingerprint density at radius 2 is 2.24 bits per heavy atom. The molecular formula is C14H22N4O3.